The standard InChI is InChI=1S/C13H15ClN2O3/c1-3-19-12(8-9(2)17)16-13(18)15-11-6-4-10(14)5-7-11/h4-8H,3H2,1-2H3,(H2,15,16,18)/b12-8-. The van der Waals surface area contributed by atoms with E-state index in [-0.39, 0.29) is 11.7 Å². The van der Waals surface area contributed by atoms with E-state index in [4.69, 9.17) is 16.3 Å². The first-order valence-electron chi connectivity index (χ1n) is 5.70. The lowest BCUT2D eigenvalue weighted by Crippen LogP contribution is -2.29. The first-order chi connectivity index (χ1) is 9.01. The van der Waals surface area contributed by atoms with Crippen molar-refractivity contribution in [3.63, 3.8) is 0 Å². The van der Waals surface area contributed by atoms with E-state index >= 15 is 0 Å². The van der Waals surface area contributed by atoms with Crippen LogP contribution in [-0.4, -0.2) is 18.4 Å². The van der Waals surface area contributed by atoms with Gasteiger partial charge in [0.05, 0.1) is 6.61 Å². The third kappa shape index (κ3) is 5.92. The van der Waals surface area contributed by atoms with E-state index in [9.17, 15) is 9.59 Å². The molecule has 2 N–H and O–H groups in total. The molecule has 0 saturated carbocycles. The fraction of sp³-hybridized carbons (Fsp3) is 0.231. The van der Waals surface area contributed by atoms with Crippen molar-refractivity contribution in [2.45, 2.75) is 13.8 Å². The van der Waals surface area contributed by atoms with E-state index in [0.29, 0.717) is 17.3 Å². The van der Waals surface area contributed by atoms with Crippen LogP contribution in [0.4, 0.5) is 10.5 Å². The van der Waals surface area contributed by atoms with Crippen LogP contribution < -0.4 is 10.6 Å². The van der Waals surface area contributed by atoms with Gasteiger partial charge in [0.25, 0.3) is 0 Å². The predicted octanol–water partition coefficient (Wildman–Crippen LogP) is 2.93. The molecule has 0 spiro atoms. The smallest absolute Gasteiger partial charge is 0.326 e. The second kappa shape index (κ2) is 7.43. The van der Waals surface area contributed by atoms with E-state index in [1.54, 1.807) is 31.2 Å². The molecular weight excluding hydrogens is 268 g/mol. The molecule has 19 heavy (non-hydrogen) atoms. The van der Waals surface area contributed by atoms with Crippen molar-refractivity contribution in [3.8, 4) is 0 Å². The van der Waals surface area contributed by atoms with Crippen LogP contribution in [-0.2, 0) is 9.53 Å². The zero-order valence-corrected chi connectivity index (χ0v) is 11.5. The maximum atomic E-state index is 11.7. The van der Waals surface area contributed by atoms with Gasteiger partial charge in [-0.2, -0.15) is 0 Å². The molecule has 0 aliphatic carbocycles. The summed E-state index contributed by atoms with van der Waals surface area (Å²) in [5.74, 6) is -0.100. The van der Waals surface area contributed by atoms with Crippen LogP contribution in [0.25, 0.3) is 0 Å². The van der Waals surface area contributed by atoms with Gasteiger partial charge in [0, 0.05) is 16.8 Å². The van der Waals surface area contributed by atoms with Crippen LogP contribution in [0.3, 0.4) is 0 Å². The number of nitrogens with one attached hydrogen (secondary N) is 2. The normalized spacial score (nSPS) is 10.8. The number of carbonyl (C=O) groups is 2. The fourth-order valence-electron chi connectivity index (χ4n) is 1.26. The molecule has 2 amide bonds. The van der Waals surface area contributed by atoms with Gasteiger partial charge >= 0.3 is 6.03 Å². The number of ether oxygens (including phenoxy) is 1. The second-order valence-corrected chi connectivity index (χ2v) is 4.07. The Kier molecular flexibility index (Phi) is 5.89. The Morgan fingerprint density at radius 2 is 1.95 bits per heavy atom. The molecule has 0 heterocycles. The van der Waals surface area contributed by atoms with E-state index in [1.165, 1.54) is 13.0 Å². The number of urea groups is 1. The second-order valence-electron chi connectivity index (χ2n) is 3.64. The average molecular weight is 283 g/mol. The van der Waals surface area contributed by atoms with Crippen molar-refractivity contribution >= 4 is 29.1 Å². The molecule has 6 heteroatoms. The highest BCUT2D eigenvalue weighted by atomic mass is 35.5. The lowest BCUT2D eigenvalue weighted by Gasteiger charge is -2.11. The Hall–Kier alpha value is -2.01. The Morgan fingerprint density at radius 1 is 1.32 bits per heavy atom. The molecule has 102 valence electrons. The summed E-state index contributed by atoms with van der Waals surface area (Å²) in [4.78, 5) is 22.6. The van der Waals surface area contributed by atoms with Crippen molar-refractivity contribution in [2.75, 3.05) is 11.9 Å². The van der Waals surface area contributed by atoms with Crippen LogP contribution in [0.5, 0.6) is 0 Å². The van der Waals surface area contributed by atoms with Crippen molar-refractivity contribution in [3.05, 3.63) is 41.2 Å². The molecule has 5 nitrogen and oxygen atoms in total. The molecule has 0 atom stereocenters. The van der Waals surface area contributed by atoms with Crippen molar-refractivity contribution < 1.29 is 14.3 Å². The Bertz CT molecular complexity index is 483. The molecule has 0 bridgehead atoms. The largest absolute Gasteiger partial charge is 0.479 e. The third-order valence-electron chi connectivity index (χ3n) is 1.97. The molecule has 0 aromatic heterocycles. The summed E-state index contributed by atoms with van der Waals surface area (Å²) in [5.41, 5.74) is 0.584. The number of ketones is 1. The minimum absolute atomic E-state index is 0.112. The minimum Gasteiger partial charge on any atom is -0.479 e. The Morgan fingerprint density at radius 3 is 2.47 bits per heavy atom. The summed E-state index contributed by atoms with van der Waals surface area (Å²) in [7, 11) is 0. The van der Waals surface area contributed by atoms with Gasteiger partial charge in [-0.3, -0.25) is 10.1 Å². The van der Waals surface area contributed by atoms with Crippen molar-refractivity contribution in [1.29, 1.82) is 0 Å². The highest BCUT2D eigenvalue weighted by molar-refractivity contribution is 6.30. The number of allylic oxidation sites excluding steroid dienone is 1. The van der Waals surface area contributed by atoms with Gasteiger partial charge in [-0.25, -0.2) is 4.79 Å². The number of carbonyl (C=O) groups excluding carboxylic acids is 2. The predicted molar refractivity (Wildman–Crippen MR) is 74.0 cm³/mol. The summed E-state index contributed by atoms with van der Waals surface area (Å²) in [6.07, 6.45) is 1.21. The maximum Gasteiger partial charge on any atom is 0.326 e. The van der Waals surface area contributed by atoms with E-state index in [1.807, 2.05) is 0 Å². The van der Waals surface area contributed by atoms with E-state index < -0.39 is 6.03 Å². The van der Waals surface area contributed by atoms with Crippen molar-refractivity contribution in [2.24, 2.45) is 0 Å². The number of amides is 2. The SMILES string of the molecule is CCO/C(=C\C(C)=O)NC(=O)Nc1ccc(Cl)cc1. The molecule has 1 rings (SSSR count). The number of rotatable bonds is 5. The minimum atomic E-state index is -0.497. The van der Waals surface area contributed by atoms with Crippen molar-refractivity contribution in [1.82, 2.24) is 5.32 Å². The molecule has 0 unspecified atom stereocenters. The number of halogens is 1. The first-order valence-corrected chi connectivity index (χ1v) is 6.07. The molecule has 0 saturated heterocycles. The average Bonchev–Trinajstić information content (AvgIpc) is 2.31. The number of anilines is 1. The van der Waals surface area contributed by atoms with E-state index in [2.05, 4.69) is 10.6 Å². The van der Waals surface area contributed by atoms with E-state index in [0.717, 1.165) is 0 Å². The number of hydrogen-bond donors (Lipinski definition) is 2. The summed E-state index contributed by atoms with van der Waals surface area (Å²) < 4.78 is 5.13. The summed E-state index contributed by atoms with van der Waals surface area (Å²) in [5, 5.41) is 5.62. The zero-order chi connectivity index (χ0) is 14.3. The van der Waals surface area contributed by atoms with Gasteiger partial charge in [-0.15, -0.1) is 0 Å². The summed E-state index contributed by atoms with van der Waals surface area (Å²) >= 11 is 5.74. The lowest BCUT2D eigenvalue weighted by molar-refractivity contribution is -0.112. The maximum absolute atomic E-state index is 11.7. The van der Waals surface area contributed by atoms with Gasteiger partial charge < -0.3 is 10.1 Å². The topological polar surface area (TPSA) is 67.4 Å². The lowest BCUT2D eigenvalue weighted by atomic mass is 10.3. The molecule has 1 aromatic carbocycles. The Balaban J connectivity index is 2.62. The molecule has 0 fully saturated rings. The van der Waals surface area contributed by atoms with Gasteiger partial charge in [-0.05, 0) is 38.1 Å². The number of hydrogen-bond acceptors (Lipinski definition) is 3. The number of benzene rings is 1. The third-order valence-corrected chi connectivity index (χ3v) is 2.22. The molecule has 0 radical (unpaired) electrons. The van der Waals surface area contributed by atoms with Crippen LogP contribution in [0.2, 0.25) is 5.02 Å². The van der Waals surface area contributed by atoms with Gasteiger partial charge in [0.2, 0.25) is 0 Å². The fourth-order valence-corrected chi connectivity index (χ4v) is 1.39. The molecule has 0 aliphatic rings. The quantitative estimate of drug-likeness (QED) is 0.644. The summed E-state index contributed by atoms with van der Waals surface area (Å²) in [6, 6.07) is 6.15. The highest BCUT2D eigenvalue weighted by Gasteiger charge is 2.06. The molecular formula is C13H15ClN2O3. The van der Waals surface area contributed by atoms with Gasteiger partial charge in [0.1, 0.15) is 0 Å². The molecule has 0 aliphatic heterocycles. The van der Waals surface area contributed by atoms with Crippen LogP contribution in [0, 0.1) is 0 Å². The van der Waals surface area contributed by atoms with Gasteiger partial charge in [-0.1, -0.05) is 11.6 Å². The van der Waals surface area contributed by atoms with Gasteiger partial charge in [0.15, 0.2) is 11.7 Å². The van der Waals surface area contributed by atoms with Crippen LogP contribution >= 0.6 is 11.6 Å². The van der Waals surface area contributed by atoms with Crippen LogP contribution in [0.1, 0.15) is 13.8 Å². The highest BCUT2D eigenvalue weighted by Crippen LogP contribution is 2.13. The Labute approximate surface area is 116 Å². The first kappa shape index (κ1) is 15.0. The summed E-state index contributed by atoms with van der Waals surface area (Å²) in [6.45, 7) is 3.48. The molecule has 1 aromatic rings. The monoisotopic (exact) mass is 282 g/mol. The van der Waals surface area contributed by atoms with Crippen LogP contribution in [0.15, 0.2) is 36.2 Å². The zero-order valence-electron chi connectivity index (χ0n) is 10.7.